The van der Waals surface area contributed by atoms with Crippen LogP contribution in [0.25, 0.3) is 0 Å². The van der Waals surface area contributed by atoms with Crippen LogP contribution in [0.1, 0.15) is 125 Å². The lowest BCUT2D eigenvalue weighted by atomic mass is 9.94. The summed E-state index contributed by atoms with van der Waals surface area (Å²) in [4.78, 5) is 0. The SMILES string of the molecule is CC(C)(C)[Si](C)(C)OCc1cc(Br)cc(CO[Si](C)(C)C(C)(C)C)c1.CC(C)(O)c1cc(CO[Si](C)(C)C(C)(C)C)cc(CO[Si](C)(C)C(C)(C)C)c1. The zero-order valence-corrected chi connectivity index (χ0v) is 43.8. The van der Waals surface area contributed by atoms with Gasteiger partial charge < -0.3 is 22.8 Å². The van der Waals surface area contributed by atoms with Crippen molar-refractivity contribution in [3.05, 3.63) is 68.7 Å². The van der Waals surface area contributed by atoms with Crippen LogP contribution in [0.4, 0.5) is 0 Å². The molecular weight excluding hydrogens is 789 g/mol. The van der Waals surface area contributed by atoms with Gasteiger partial charge in [0.1, 0.15) is 0 Å². The summed E-state index contributed by atoms with van der Waals surface area (Å²) < 4.78 is 26.7. The van der Waals surface area contributed by atoms with Crippen LogP contribution in [-0.2, 0) is 49.7 Å². The lowest BCUT2D eigenvalue weighted by Gasteiger charge is -2.37. The molecule has 2 rings (SSSR count). The minimum atomic E-state index is -1.83. The molecule has 0 aliphatic carbocycles. The Balaban J connectivity index is 0.000000533. The molecule has 0 aliphatic rings. The van der Waals surface area contributed by atoms with Gasteiger partial charge in [-0.1, -0.05) is 123 Å². The molecule has 0 radical (unpaired) electrons. The van der Waals surface area contributed by atoms with E-state index in [9.17, 15) is 5.11 Å². The molecule has 2 aromatic rings. The van der Waals surface area contributed by atoms with Crippen LogP contribution >= 0.6 is 15.9 Å². The van der Waals surface area contributed by atoms with Gasteiger partial charge in [0.15, 0.2) is 33.3 Å². The molecule has 0 aromatic heterocycles. The molecule has 0 heterocycles. The highest BCUT2D eigenvalue weighted by atomic mass is 79.9. The Kier molecular flexibility index (Phi) is 17.2. The van der Waals surface area contributed by atoms with Crippen molar-refractivity contribution in [2.24, 2.45) is 0 Å². The zero-order valence-electron chi connectivity index (χ0n) is 38.3. The zero-order chi connectivity index (χ0) is 41.9. The molecular formula is C43H81BrO5Si4. The van der Waals surface area contributed by atoms with E-state index in [1.807, 2.05) is 13.8 Å². The monoisotopic (exact) mass is 868 g/mol. The molecule has 1 N–H and O–H groups in total. The summed E-state index contributed by atoms with van der Waals surface area (Å²) in [6, 6.07) is 12.9. The number of hydrogen-bond acceptors (Lipinski definition) is 5. The van der Waals surface area contributed by atoms with Crippen LogP contribution < -0.4 is 0 Å². The molecule has 5 nitrogen and oxygen atoms in total. The van der Waals surface area contributed by atoms with Crippen molar-refractivity contribution in [3.8, 4) is 0 Å². The second kappa shape index (κ2) is 18.0. The van der Waals surface area contributed by atoms with Gasteiger partial charge in [-0.25, -0.2) is 0 Å². The first kappa shape index (κ1) is 50.6. The second-order valence-corrected chi connectivity index (χ2v) is 41.9. The number of aliphatic hydroxyl groups is 1. The van der Waals surface area contributed by atoms with Gasteiger partial charge in [0, 0.05) is 4.47 Å². The minimum absolute atomic E-state index is 0.176. The fourth-order valence-electron chi connectivity index (χ4n) is 4.09. The molecule has 53 heavy (non-hydrogen) atoms. The summed E-state index contributed by atoms with van der Waals surface area (Å²) in [6.45, 7) is 51.6. The molecule has 0 atom stereocenters. The summed E-state index contributed by atoms with van der Waals surface area (Å²) in [5.41, 5.74) is 4.67. The van der Waals surface area contributed by atoms with Crippen molar-refractivity contribution in [3.63, 3.8) is 0 Å². The Morgan fingerprint density at radius 1 is 0.415 bits per heavy atom. The first-order valence-electron chi connectivity index (χ1n) is 19.5. The molecule has 2 aromatic carbocycles. The molecule has 0 unspecified atom stereocenters. The molecule has 0 saturated carbocycles. The van der Waals surface area contributed by atoms with Crippen LogP contribution in [0, 0.1) is 0 Å². The Labute approximate surface area is 340 Å². The molecule has 0 amide bonds. The minimum Gasteiger partial charge on any atom is -0.413 e. The Morgan fingerprint density at radius 2 is 0.623 bits per heavy atom. The van der Waals surface area contributed by atoms with Crippen LogP contribution in [0.5, 0.6) is 0 Å². The third-order valence-electron chi connectivity index (χ3n) is 12.4. The van der Waals surface area contributed by atoms with Gasteiger partial charge >= 0.3 is 0 Å². The first-order chi connectivity index (χ1) is 23.3. The van der Waals surface area contributed by atoms with Crippen molar-refractivity contribution < 1.29 is 22.8 Å². The van der Waals surface area contributed by atoms with E-state index in [0.29, 0.717) is 26.4 Å². The van der Waals surface area contributed by atoms with Crippen molar-refractivity contribution in [1.29, 1.82) is 0 Å². The van der Waals surface area contributed by atoms with Gasteiger partial charge in [-0.3, -0.25) is 0 Å². The Hall–Kier alpha value is -0.412. The summed E-state index contributed by atoms with van der Waals surface area (Å²) in [6.07, 6.45) is 0. The number of halogens is 1. The van der Waals surface area contributed by atoms with E-state index in [0.717, 1.165) is 21.2 Å². The largest absolute Gasteiger partial charge is 0.413 e. The Morgan fingerprint density at radius 3 is 0.811 bits per heavy atom. The molecule has 0 spiro atoms. The van der Waals surface area contributed by atoms with E-state index in [1.54, 1.807) is 0 Å². The lowest BCUT2D eigenvalue weighted by molar-refractivity contribution is 0.0782. The number of benzene rings is 2. The third kappa shape index (κ3) is 15.8. The normalized spacial score (nSPS) is 14.3. The van der Waals surface area contributed by atoms with E-state index in [4.69, 9.17) is 17.7 Å². The maximum atomic E-state index is 10.6. The average Bonchev–Trinajstić information content (AvgIpc) is 2.94. The smallest absolute Gasteiger partial charge is 0.192 e. The van der Waals surface area contributed by atoms with Gasteiger partial charge in [-0.05, 0) is 126 Å². The predicted octanol–water partition coefficient (Wildman–Crippen LogP) is 14.5. The predicted molar refractivity (Wildman–Crippen MR) is 244 cm³/mol. The molecule has 0 fully saturated rings. The maximum Gasteiger partial charge on any atom is 0.192 e. The van der Waals surface area contributed by atoms with Gasteiger partial charge in [0.05, 0.1) is 32.0 Å². The average molecular weight is 870 g/mol. The van der Waals surface area contributed by atoms with E-state index >= 15 is 0 Å². The van der Waals surface area contributed by atoms with Crippen molar-refractivity contribution in [2.75, 3.05) is 0 Å². The van der Waals surface area contributed by atoms with Gasteiger partial charge in [0.25, 0.3) is 0 Å². The fraction of sp³-hybridized carbons (Fsp3) is 0.721. The fourth-order valence-corrected chi connectivity index (χ4v) is 8.52. The first-order valence-corrected chi connectivity index (χ1v) is 31.9. The molecule has 0 aliphatic heterocycles. The standard InChI is InChI=1S/C23H44O3Si2.C20H37BrO2Si2/c1-21(2,3)27(9,10)25-16-18-13-19(15-20(14-18)23(7,8)24)17-26-28(11,12)22(4,5)6;1-19(2,3)24(7,8)22-14-16-11-17(13-18(21)12-16)15-23-25(9,10)20(4,5)6/h13-15,24H,16-17H2,1-12H3;11-13H,14-15H2,1-10H3. The third-order valence-corrected chi connectivity index (χ3v) is 30.8. The van der Waals surface area contributed by atoms with Gasteiger partial charge in [-0.2, -0.15) is 0 Å². The highest BCUT2D eigenvalue weighted by molar-refractivity contribution is 9.10. The maximum absolute atomic E-state index is 10.6. The lowest BCUT2D eigenvalue weighted by Crippen LogP contribution is -2.40. The van der Waals surface area contributed by atoms with Crippen molar-refractivity contribution in [2.45, 2.75) is 201 Å². The highest BCUT2D eigenvalue weighted by Crippen LogP contribution is 2.40. The summed E-state index contributed by atoms with van der Waals surface area (Å²) >= 11 is 3.64. The molecule has 0 bridgehead atoms. The van der Waals surface area contributed by atoms with Crippen molar-refractivity contribution >= 4 is 49.2 Å². The van der Waals surface area contributed by atoms with Crippen LogP contribution in [0.15, 0.2) is 40.9 Å². The van der Waals surface area contributed by atoms with E-state index in [-0.39, 0.29) is 20.2 Å². The van der Waals surface area contributed by atoms with Crippen LogP contribution in [0.2, 0.25) is 72.5 Å². The van der Waals surface area contributed by atoms with Gasteiger partial charge in [0.2, 0.25) is 0 Å². The quantitative estimate of drug-likeness (QED) is 0.203. The van der Waals surface area contributed by atoms with Crippen LogP contribution in [-0.4, -0.2) is 38.4 Å². The molecule has 0 saturated heterocycles. The van der Waals surface area contributed by atoms with E-state index in [2.05, 4.69) is 188 Å². The topological polar surface area (TPSA) is 57.2 Å². The molecule has 10 heteroatoms. The van der Waals surface area contributed by atoms with Crippen LogP contribution in [0.3, 0.4) is 0 Å². The summed E-state index contributed by atoms with van der Waals surface area (Å²) in [5.74, 6) is 0. The summed E-state index contributed by atoms with van der Waals surface area (Å²) in [7, 11) is -7.13. The van der Waals surface area contributed by atoms with E-state index < -0.39 is 38.9 Å². The second-order valence-electron chi connectivity index (χ2n) is 21.8. The number of rotatable bonds is 13. The van der Waals surface area contributed by atoms with Crippen molar-refractivity contribution in [1.82, 2.24) is 0 Å². The Bertz CT molecular complexity index is 1370. The molecule has 306 valence electrons. The summed E-state index contributed by atoms with van der Waals surface area (Å²) in [5, 5.41) is 11.4. The van der Waals surface area contributed by atoms with Gasteiger partial charge in [-0.15, -0.1) is 0 Å². The van der Waals surface area contributed by atoms with E-state index in [1.165, 1.54) is 11.1 Å². The number of hydrogen-bond donors (Lipinski definition) is 1. The highest BCUT2D eigenvalue weighted by Gasteiger charge is 2.40.